The summed E-state index contributed by atoms with van der Waals surface area (Å²) >= 11 is 0. The number of nitrogens with zero attached hydrogens (tertiary/aromatic N) is 1. The molecule has 2 fully saturated rings. The lowest BCUT2D eigenvalue weighted by Gasteiger charge is -2.44. The maximum atomic E-state index is 15.2. The molecule has 1 unspecified atom stereocenters. The molecule has 3 N–H and O–H groups in total. The van der Waals surface area contributed by atoms with Crippen molar-refractivity contribution in [3.8, 4) is 11.5 Å². The zero-order valence-electron chi connectivity index (χ0n) is 28.8. The Labute approximate surface area is 290 Å². The third-order valence-corrected chi connectivity index (χ3v) is 11.2. The van der Waals surface area contributed by atoms with Gasteiger partial charge in [0.1, 0.15) is 16.4 Å². The van der Waals surface area contributed by atoms with E-state index >= 15 is 8.42 Å². The number of amides is 1. The van der Waals surface area contributed by atoms with Crippen LogP contribution in [0.15, 0.2) is 78.7 Å². The van der Waals surface area contributed by atoms with Crippen LogP contribution >= 0.6 is 0 Å². The lowest BCUT2D eigenvalue weighted by atomic mass is 9.80. The molecule has 2 saturated heterocycles. The van der Waals surface area contributed by atoms with Gasteiger partial charge in [-0.3, -0.25) is 0 Å². The van der Waals surface area contributed by atoms with Gasteiger partial charge in [0.2, 0.25) is 10.0 Å². The van der Waals surface area contributed by atoms with E-state index < -0.39 is 51.9 Å². The van der Waals surface area contributed by atoms with Crippen LogP contribution in [-0.2, 0) is 25.9 Å². The summed E-state index contributed by atoms with van der Waals surface area (Å²) in [5.74, 6) is -0.156. The van der Waals surface area contributed by atoms with Crippen LogP contribution in [-0.4, -0.2) is 87.0 Å². The summed E-state index contributed by atoms with van der Waals surface area (Å²) in [5, 5.41) is 24.9. The fourth-order valence-electron chi connectivity index (χ4n) is 6.88. The predicted octanol–water partition coefficient (Wildman–Crippen LogP) is 5.64. The van der Waals surface area contributed by atoms with Crippen LogP contribution in [0.3, 0.4) is 0 Å². The fourth-order valence-corrected chi connectivity index (χ4v) is 8.86. The largest absolute Gasteiger partial charge is 0.497 e. The number of carboxylic acid groups (broad SMARTS) is 1. The Morgan fingerprint density at radius 1 is 1.14 bits per heavy atom. The van der Waals surface area contributed by atoms with Crippen LogP contribution in [0.5, 0.6) is 11.5 Å². The standard InChI is InChI=1S/C37H52N2O9S/c1-6-8-9-13-20-46-31-23-27(45-5)16-17-32(31)49(43,44)39(25-37(3,4)19-7-2)33(29-24-48-35-28(29)18-21-47-35)34(40)30(38-36(41)42)22-26-14-11-10-12-15-26/h6-7,10-12,14-17,23,28-30,33-35,38,40H,1-2,8-9,13,18-22,24-25H2,3-5H3,(H,41,42)/t28-,29+,30-,33?,34+,35+/m0/s1. The zero-order valence-corrected chi connectivity index (χ0v) is 29.6. The zero-order chi connectivity index (χ0) is 35.6. The van der Waals surface area contributed by atoms with E-state index in [-0.39, 0.29) is 42.7 Å². The molecular weight excluding hydrogens is 648 g/mol. The normalized spacial score (nSPS) is 21.0. The van der Waals surface area contributed by atoms with Crippen molar-refractivity contribution in [3.05, 3.63) is 79.4 Å². The number of benzene rings is 2. The summed E-state index contributed by atoms with van der Waals surface area (Å²) in [6.45, 7) is 12.4. The molecule has 1 amide bonds. The number of rotatable bonds is 20. The summed E-state index contributed by atoms with van der Waals surface area (Å²) in [4.78, 5) is 12.1. The quantitative estimate of drug-likeness (QED) is 0.118. The second-order valence-corrected chi connectivity index (χ2v) is 15.4. The first-order chi connectivity index (χ1) is 23.4. The molecule has 2 aromatic carbocycles. The highest BCUT2D eigenvalue weighted by molar-refractivity contribution is 7.89. The lowest BCUT2D eigenvalue weighted by Crippen LogP contribution is -2.61. The second kappa shape index (κ2) is 17.5. The van der Waals surface area contributed by atoms with Crippen molar-refractivity contribution in [1.82, 2.24) is 9.62 Å². The van der Waals surface area contributed by atoms with E-state index in [9.17, 15) is 15.0 Å². The van der Waals surface area contributed by atoms with Crippen LogP contribution in [0.4, 0.5) is 4.79 Å². The van der Waals surface area contributed by atoms with Crippen LogP contribution in [0.25, 0.3) is 0 Å². The number of allylic oxidation sites excluding steroid dienone is 2. The Bertz CT molecular complexity index is 1500. The minimum atomic E-state index is -4.43. The van der Waals surface area contributed by atoms with Gasteiger partial charge >= 0.3 is 6.09 Å². The third-order valence-electron chi connectivity index (χ3n) is 9.30. The first-order valence-electron chi connectivity index (χ1n) is 16.9. The van der Waals surface area contributed by atoms with Crippen molar-refractivity contribution in [2.45, 2.75) is 81.7 Å². The molecule has 12 heteroatoms. The summed E-state index contributed by atoms with van der Waals surface area (Å²) < 4.78 is 55.2. The monoisotopic (exact) mass is 700 g/mol. The predicted molar refractivity (Wildman–Crippen MR) is 187 cm³/mol. The summed E-state index contributed by atoms with van der Waals surface area (Å²) in [7, 11) is -2.93. The van der Waals surface area contributed by atoms with E-state index in [0.717, 1.165) is 18.4 Å². The number of ether oxygens (including phenoxy) is 4. The molecular formula is C37H52N2O9S. The van der Waals surface area contributed by atoms with E-state index in [1.54, 1.807) is 18.2 Å². The topological polar surface area (TPSA) is 144 Å². The van der Waals surface area contributed by atoms with Crippen molar-refractivity contribution in [2.24, 2.45) is 17.3 Å². The number of sulfonamides is 1. The average Bonchev–Trinajstić information content (AvgIpc) is 3.69. The molecule has 2 aliphatic rings. The van der Waals surface area contributed by atoms with Crippen molar-refractivity contribution in [1.29, 1.82) is 0 Å². The number of hydrogen-bond acceptors (Lipinski definition) is 8. The first kappa shape index (κ1) is 38.4. The van der Waals surface area contributed by atoms with Crippen LogP contribution in [0, 0.1) is 17.3 Å². The van der Waals surface area contributed by atoms with E-state index in [2.05, 4.69) is 18.5 Å². The van der Waals surface area contributed by atoms with Crippen LogP contribution in [0.1, 0.15) is 51.5 Å². The summed E-state index contributed by atoms with van der Waals surface area (Å²) in [5.41, 5.74) is 0.165. The Morgan fingerprint density at radius 3 is 2.57 bits per heavy atom. The lowest BCUT2D eigenvalue weighted by molar-refractivity contribution is -0.0907. The smallest absolute Gasteiger partial charge is 0.404 e. The molecule has 2 aromatic rings. The van der Waals surface area contributed by atoms with E-state index in [0.29, 0.717) is 31.6 Å². The fraction of sp³-hybridized carbons (Fsp3) is 0.541. The number of hydrogen-bond donors (Lipinski definition) is 3. The number of aliphatic hydroxyl groups is 1. The average molecular weight is 701 g/mol. The number of unbranched alkanes of at least 4 members (excludes halogenated alkanes) is 2. The maximum Gasteiger partial charge on any atom is 0.404 e. The van der Waals surface area contributed by atoms with E-state index in [4.69, 9.17) is 18.9 Å². The number of carbonyl (C=O) groups is 1. The van der Waals surface area contributed by atoms with Crippen LogP contribution < -0.4 is 14.8 Å². The van der Waals surface area contributed by atoms with Gasteiger partial charge in [-0.1, -0.05) is 56.3 Å². The van der Waals surface area contributed by atoms with E-state index in [1.807, 2.05) is 50.3 Å². The first-order valence-corrected chi connectivity index (χ1v) is 18.3. The number of methoxy groups -OCH3 is 1. The molecule has 0 saturated carbocycles. The molecule has 4 rings (SSSR count). The van der Waals surface area contributed by atoms with Gasteiger partial charge in [-0.05, 0) is 61.6 Å². The van der Waals surface area contributed by atoms with Crippen molar-refractivity contribution < 1.29 is 42.4 Å². The molecule has 11 nitrogen and oxygen atoms in total. The maximum absolute atomic E-state index is 15.2. The molecule has 0 spiro atoms. The number of fused-ring (bicyclic) bond motifs is 1. The van der Waals surface area contributed by atoms with Gasteiger partial charge in [0.05, 0.1) is 45.1 Å². The van der Waals surface area contributed by atoms with E-state index in [1.165, 1.54) is 17.5 Å². The SMILES string of the molecule is C=CCCCCOc1cc(OC)ccc1S(=O)(=O)N(CC(C)(C)CC=C)C([C@H](O)[C@H](Cc1ccccc1)NC(=O)O)[C@@H]1CO[C@H]2OCC[C@H]21. The molecule has 2 heterocycles. The van der Waals surface area contributed by atoms with Gasteiger partial charge < -0.3 is 34.5 Å². The molecule has 6 atom stereocenters. The second-order valence-electron chi connectivity index (χ2n) is 13.6. The molecule has 0 aliphatic carbocycles. The molecule has 0 aromatic heterocycles. The number of aliphatic hydroxyl groups excluding tert-OH is 1. The van der Waals surface area contributed by atoms with Crippen LogP contribution in [0.2, 0.25) is 0 Å². The summed E-state index contributed by atoms with van der Waals surface area (Å²) in [6.07, 6.45) is 3.78. The van der Waals surface area contributed by atoms with Gasteiger partial charge in [0.25, 0.3) is 0 Å². The number of nitrogens with one attached hydrogen (secondary N) is 1. The Morgan fingerprint density at radius 2 is 1.90 bits per heavy atom. The van der Waals surface area contributed by atoms with Crippen molar-refractivity contribution in [3.63, 3.8) is 0 Å². The molecule has 2 aliphatic heterocycles. The molecule has 0 radical (unpaired) electrons. The highest BCUT2D eigenvalue weighted by Crippen LogP contribution is 2.43. The summed E-state index contributed by atoms with van der Waals surface area (Å²) in [6, 6.07) is 11.6. The minimum absolute atomic E-state index is 0.00619. The van der Waals surface area contributed by atoms with Gasteiger partial charge in [-0.2, -0.15) is 4.31 Å². The highest BCUT2D eigenvalue weighted by atomic mass is 32.2. The van der Waals surface area contributed by atoms with Gasteiger partial charge in [0.15, 0.2) is 6.29 Å². The molecule has 49 heavy (non-hydrogen) atoms. The van der Waals surface area contributed by atoms with Gasteiger partial charge in [0, 0.05) is 24.4 Å². The third kappa shape index (κ3) is 9.85. The van der Waals surface area contributed by atoms with Gasteiger partial charge in [-0.15, -0.1) is 13.2 Å². The Kier molecular flexibility index (Phi) is 13.7. The Hall–Kier alpha value is -3.42. The Balaban J connectivity index is 1.87. The van der Waals surface area contributed by atoms with Gasteiger partial charge in [-0.25, -0.2) is 13.2 Å². The van der Waals surface area contributed by atoms with Crippen molar-refractivity contribution in [2.75, 3.05) is 33.5 Å². The highest BCUT2D eigenvalue weighted by Gasteiger charge is 2.53. The van der Waals surface area contributed by atoms with Crippen molar-refractivity contribution >= 4 is 16.1 Å². The molecule has 270 valence electrons. The minimum Gasteiger partial charge on any atom is -0.497 e. The molecule has 0 bridgehead atoms.